The van der Waals surface area contributed by atoms with E-state index in [9.17, 15) is 9.59 Å². The third-order valence-electron chi connectivity index (χ3n) is 3.78. The molecule has 0 radical (unpaired) electrons. The Labute approximate surface area is 118 Å². The predicted molar refractivity (Wildman–Crippen MR) is 73.6 cm³/mol. The van der Waals surface area contributed by atoms with Crippen LogP contribution in [-0.4, -0.2) is 44.8 Å². The Morgan fingerprint density at radius 2 is 2.15 bits per heavy atom. The molecule has 0 spiro atoms. The van der Waals surface area contributed by atoms with Gasteiger partial charge in [-0.2, -0.15) is 5.10 Å². The van der Waals surface area contributed by atoms with Gasteiger partial charge in [-0.25, -0.2) is 0 Å². The quantitative estimate of drug-likeness (QED) is 0.909. The fourth-order valence-corrected chi connectivity index (χ4v) is 2.65. The molecule has 0 aliphatic carbocycles. The van der Waals surface area contributed by atoms with E-state index < -0.39 is 11.9 Å². The Morgan fingerprint density at radius 3 is 2.70 bits per heavy atom. The molecule has 1 aromatic rings. The van der Waals surface area contributed by atoms with Crippen LogP contribution in [0.25, 0.3) is 0 Å². The van der Waals surface area contributed by atoms with Gasteiger partial charge >= 0.3 is 5.97 Å². The predicted octanol–water partition coefficient (Wildman–Crippen LogP) is 1.48. The summed E-state index contributed by atoms with van der Waals surface area (Å²) in [6.07, 6.45) is 1.37. The molecule has 6 heteroatoms. The van der Waals surface area contributed by atoms with Gasteiger partial charge in [-0.3, -0.25) is 14.3 Å². The number of likely N-dealkylation sites (tertiary alicyclic amines) is 1. The van der Waals surface area contributed by atoms with Crippen LogP contribution in [0, 0.1) is 5.92 Å². The van der Waals surface area contributed by atoms with E-state index in [0.717, 1.165) is 12.1 Å². The van der Waals surface area contributed by atoms with Crippen molar-refractivity contribution in [3.63, 3.8) is 0 Å². The second-order valence-electron chi connectivity index (χ2n) is 5.66. The van der Waals surface area contributed by atoms with E-state index in [2.05, 4.69) is 5.10 Å². The molecule has 1 atom stereocenters. The highest BCUT2D eigenvalue weighted by Crippen LogP contribution is 2.20. The lowest BCUT2D eigenvalue weighted by Gasteiger charge is -2.30. The van der Waals surface area contributed by atoms with Crippen LogP contribution in [0.2, 0.25) is 0 Å². The first-order chi connectivity index (χ1) is 9.40. The number of aromatic nitrogens is 2. The molecule has 0 saturated carbocycles. The Balaban J connectivity index is 2.14. The van der Waals surface area contributed by atoms with Crippen LogP contribution in [0.1, 0.15) is 48.8 Å². The van der Waals surface area contributed by atoms with Crippen molar-refractivity contribution in [3.8, 4) is 0 Å². The van der Waals surface area contributed by atoms with Gasteiger partial charge in [0.05, 0.1) is 5.92 Å². The molecular weight excluding hydrogens is 258 g/mol. The third-order valence-corrected chi connectivity index (χ3v) is 3.78. The van der Waals surface area contributed by atoms with Crippen molar-refractivity contribution in [2.45, 2.75) is 32.6 Å². The average molecular weight is 279 g/mol. The summed E-state index contributed by atoms with van der Waals surface area (Å²) < 4.78 is 1.72. The van der Waals surface area contributed by atoms with Crippen molar-refractivity contribution in [3.05, 3.63) is 17.5 Å². The number of nitrogens with zero attached hydrogens (tertiary/aromatic N) is 3. The van der Waals surface area contributed by atoms with Gasteiger partial charge in [-0.1, -0.05) is 13.8 Å². The number of aliphatic carboxylic acids is 1. The van der Waals surface area contributed by atoms with Crippen molar-refractivity contribution in [1.29, 1.82) is 0 Å². The average Bonchev–Trinajstić information content (AvgIpc) is 2.80. The summed E-state index contributed by atoms with van der Waals surface area (Å²) in [6.45, 7) is 4.98. The Morgan fingerprint density at radius 1 is 1.45 bits per heavy atom. The standard InChI is InChI=1S/C14H21N3O3/c1-9(2)12-7-11(15-16(12)3)13(18)17-6-4-5-10(8-17)14(19)20/h7,9-10H,4-6,8H2,1-3H3,(H,19,20)/t10-/m1/s1. The zero-order valence-corrected chi connectivity index (χ0v) is 12.2. The number of hydrogen-bond donors (Lipinski definition) is 1. The van der Waals surface area contributed by atoms with Crippen LogP contribution in [-0.2, 0) is 11.8 Å². The van der Waals surface area contributed by atoms with Gasteiger partial charge in [0.15, 0.2) is 5.69 Å². The molecule has 1 aliphatic heterocycles. The van der Waals surface area contributed by atoms with E-state index in [-0.39, 0.29) is 12.5 Å². The van der Waals surface area contributed by atoms with Crippen LogP contribution in [0.4, 0.5) is 0 Å². The van der Waals surface area contributed by atoms with Gasteiger partial charge < -0.3 is 10.0 Å². The van der Waals surface area contributed by atoms with Gasteiger partial charge in [0.2, 0.25) is 0 Å². The van der Waals surface area contributed by atoms with Gasteiger partial charge in [0.25, 0.3) is 5.91 Å². The largest absolute Gasteiger partial charge is 0.481 e. The van der Waals surface area contributed by atoms with Crippen LogP contribution in [0.5, 0.6) is 0 Å². The smallest absolute Gasteiger partial charge is 0.308 e. The molecule has 110 valence electrons. The van der Waals surface area contributed by atoms with Gasteiger partial charge in [0.1, 0.15) is 0 Å². The zero-order chi connectivity index (χ0) is 14.9. The summed E-state index contributed by atoms with van der Waals surface area (Å²) in [5.74, 6) is -1.16. The maximum atomic E-state index is 12.4. The summed E-state index contributed by atoms with van der Waals surface area (Å²) >= 11 is 0. The van der Waals surface area contributed by atoms with Crippen LogP contribution >= 0.6 is 0 Å². The molecule has 1 aliphatic rings. The van der Waals surface area contributed by atoms with E-state index in [1.54, 1.807) is 15.6 Å². The summed E-state index contributed by atoms with van der Waals surface area (Å²) in [4.78, 5) is 25.1. The normalized spacial score (nSPS) is 19.4. The number of hydrogen-bond acceptors (Lipinski definition) is 3. The molecule has 2 rings (SSSR count). The molecular formula is C14H21N3O3. The highest BCUT2D eigenvalue weighted by Gasteiger charge is 2.29. The SMILES string of the molecule is CC(C)c1cc(C(=O)N2CCC[C@@H](C(=O)O)C2)nn1C. The number of carbonyl (C=O) groups is 2. The molecule has 6 nitrogen and oxygen atoms in total. The first-order valence-electron chi connectivity index (χ1n) is 6.96. The molecule has 1 saturated heterocycles. The van der Waals surface area contributed by atoms with E-state index >= 15 is 0 Å². The lowest BCUT2D eigenvalue weighted by atomic mass is 9.98. The second-order valence-corrected chi connectivity index (χ2v) is 5.66. The van der Waals surface area contributed by atoms with Gasteiger partial charge in [-0.05, 0) is 24.8 Å². The van der Waals surface area contributed by atoms with Crippen molar-refractivity contribution >= 4 is 11.9 Å². The zero-order valence-electron chi connectivity index (χ0n) is 12.2. The molecule has 20 heavy (non-hydrogen) atoms. The number of amides is 1. The third kappa shape index (κ3) is 2.84. The van der Waals surface area contributed by atoms with E-state index in [1.807, 2.05) is 20.9 Å². The molecule has 1 amide bonds. The first kappa shape index (κ1) is 14.6. The second kappa shape index (κ2) is 5.64. The number of piperidine rings is 1. The minimum absolute atomic E-state index is 0.168. The summed E-state index contributed by atoms with van der Waals surface area (Å²) in [5, 5.41) is 13.3. The molecule has 2 heterocycles. The number of carboxylic acid groups (broad SMARTS) is 1. The number of aryl methyl sites for hydroxylation is 1. The molecule has 0 unspecified atom stereocenters. The molecule has 1 fully saturated rings. The van der Waals surface area contributed by atoms with Crippen molar-refractivity contribution < 1.29 is 14.7 Å². The number of carboxylic acids is 1. The molecule has 0 bridgehead atoms. The summed E-state index contributed by atoms with van der Waals surface area (Å²) in [7, 11) is 1.82. The Bertz CT molecular complexity index is 522. The fourth-order valence-electron chi connectivity index (χ4n) is 2.65. The maximum absolute atomic E-state index is 12.4. The number of rotatable bonds is 3. The van der Waals surface area contributed by atoms with E-state index in [4.69, 9.17) is 5.11 Å². The summed E-state index contributed by atoms with van der Waals surface area (Å²) in [6, 6.07) is 1.80. The van der Waals surface area contributed by atoms with Crippen molar-refractivity contribution in [2.24, 2.45) is 13.0 Å². The number of carbonyl (C=O) groups excluding carboxylic acids is 1. The first-order valence-corrected chi connectivity index (χ1v) is 6.96. The molecule has 1 aromatic heterocycles. The van der Waals surface area contributed by atoms with E-state index in [1.165, 1.54) is 0 Å². The van der Waals surface area contributed by atoms with Crippen LogP contribution in [0.3, 0.4) is 0 Å². The van der Waals surface area contributed by atoms with Crippen molar-refractivity contribution in [1.82, 2.24) is 14.7 Å². The summed E-state index contributed by atoms with van der Waals surface area (Å²) in [5.41, 5.74) is 1.40. The molecule has 0 aromatic carbocycles. The van der Waals surface area contributed by atoms with E-state index in [0.29, 0.717) is 24.6 Å². The van der Waals surface area contributed by atoms with Crippen molar-refractivity contribution in [2.75, 3.05) is 13.1 Å². The Hall–Kier alpha value is -1.85. The molecule has 1 N–H and O–H groups in total. The highest BCUT2D eigenvalue weighted by molar-refractivity contribution is 5.92. The van der Waals surface area contributed by atoms with Gasteiger partial charge in [0, 0.05) is 25.8 Å². The van der Waals surface area contributed by atoms with Crippen LogP contribution in [0.15, 0.2) is 6.07 Å². The Kier molecular flexibility index (Phi) is 4.11. The monoisotopic (exact) mass is 279 g/mol. The minimum atomic E-state index is -0.827. The lowest BCUT2D eigenvalue weighted by Crippen LogP contribution is -2.42. The topological polar surface area (TPSA) is 75.4 Å². The highest BCUT2D eigenvalue weighted by atomic mass is 16.4. The maximum Gasteiger partial charge on any atom is 0.308 e. The lowest BCUT2D eigenvalue weighted by molar-refractivity contribution is -0.143. The fraction of sp³-hybridized carbons (Fsp3) is 0.643. The minimum Gasteiger partial charge on any atom is -0.481 e. The van der Waals surface area contributed by atoms with Gasteiger partial charge in [-0.15, -0.1) is 0 Å². The van der Waals surface area contributed by atoms with Crippen LogP contribution < -0.4 is 0 Å².